The molecular formula is C25H35N3O3. The van der Waals surface area contributed by atoms with Crippen LogP contribution in [0.4, 0.5) is 0 Å². The van der Waals surface area contributed by atoms with Gasteiger partial charge in [0.1, 0.15) is 0 Å². The van der Waals surface area contributed by atoms with Crippen LogP contribution >= 0.6 is 0 Å². The fourth-order valence-electron chi connectivity index (χ4n) is 5.23. The van der Waals surface area contributed by atoms with E-state index in [2.05, 4.69) is 12.1 Å². The lowest BCUT2D eigenvalue weighted by molar-refractivity contribution is -0.134. The van der Waals surface area contributed by atoms with Crippen molar-refractivity contribution in [2.45, 2.75) is 51.4 Å². The largest absolute Gasteiger partial charge is 0.343 e. The van der Waals surface area contributed by atoms with Gasteiger partial charge in [0.05, 0.1) is 5.92 Å². The number of amides is 3. The number of hydrogen-bond acceptors (Lipinski definition) is 3. The highest BCUT2D eigenvalue weighted by Crippen LogP contribution is 2.26. The summed E-state index contributed by atoms with van der Waals surface area (Å²) in [5.41, 5.74) is 1.28. The lowest BCUT2D eigenvalue weighted by atomic mass is 9.95. The number of rotatable bonds is 7. The molecule has 3 heterocycles. The van der Waals surface area contributed by atoms with Crippen LogP contribution in [0.3, 0.4) is 0 Å². The zero-order valence-corrected chi connectivity index (χ0v) is 18.5. The van der Waals surface area contributed by atoms with E-state index < -0.39 is 0 Å². The summed E-state index contributed by atoms with van der Waals surface area (Å²) in [6.45, 7) is 4.58. The highest BCUT2D eigenvalue weighted by Gasteiger charge is 2.38. The quantitative estimate of drug-likeness (QED) is 0.675. The molecule has 0 aromatic heterocycles. The molecule has 31 heavy (non-hydrogen) atoms. The molecule has 0 radical (unpaired) electrons. The molecular weight excluding hydrogens is 390 g/mol. The molecule has 3 saturated heterocycles. The summed E-state index contributed by atoms with van der Waals surface area (Å²) in [6, 6.07) is 10.3. The molecule has 168 valence electrons. The van der Waals surface area contributed by atoms with Crippen LogP contribution < -0.4 is 0 Å². The van der Waals surface area contributed by atoms with E-state index in [0.717, 1.165) is 71.2 Å². The van der Waals surface area contributed by atoms with Crippen molar-refractivity contribution in [1.82, 2.24) is 14.7 Å². The van der Waals surface area contributed by atoms with Gasteiger partial charge >= 0.3 is 0 Å². The summed E-state index contributed by atoms with van der Waals surface area (Å²) in [6.07, 6.45) is 6.85. The fourth-order valence-corrected chi connectivity index (χ4v) is 5.23. The Bertz CT molecular complexity index is 767. The van der Waals surface area contributed by atoms with Crippen molar-refractivity contribution >= 4 is 17.7 Å². The van der Waals surface area contributed by atoms with E-state index in [4.69, 9.17) is 0 Å². The van der Waals surface area contributed by atoms with E-state index in [0.29, 0.717) is 25.3 Å². The number of nitrogens with zero attached hydrogens (tertiary/aromatic N) is 3. The SMILES string of the molecule is O=C(CCCc1ccccc1)N1CCC(CN2CC(C(=O)N3CCCC3)CC2=O)CC1. The normalized spacial score (nSPS) is 22.4. The van der Waals surface area contributed by atoms with E-state index in [1.165, 1.54) is 5.56 Å². The Labute approximate surface area is 185 Å². The predicted octanol–water partition coefficient (Wildman–Crippen LogP) is 2.72. The molecule has 3 aliphatic rings. The van der Waals surface area contributed by atoms with E-state index in [-0.39, 0.29) is 23.6 Å². The van der Waals surface area contributed by atoms with Crippen LogP contribution in [0.5, 0.6) is 0 Å². The number of piperidine rings is 1. The molecule has 6 heteroatoms. The first-order valence-electron chi connectivity index (χ1n) is 12.0. The molecule has 0 N–H and O–H groups in total. The highest BCUT2D eigenvalue weighted by molar-refractivity contribution is 5.89. The van der Waals surface area contributed by atoms with Gasteiger partial charge in [0.2, 0.25) is 17.7 Å². The lowest BCUT2D eigenvalue weighted by Crippen LogP contribution is -2.42. The summed E-state index contributed by atoms with van der Waals surface area (Å²) >= 11 is 0. The van der Waals surface area contributed by atoms with E-state index in [1.54, 1.807) is 0 Å². The third kappa shape index (κ3) is 5.66. The third-order valence-electron chi connectivity index (χ3n) is 7.13. The molecule has 1 atom stereocenters. The second-order valence-corrected chi connectivity index (χ2v) is 9.40. The maximum Gasteiger partial charge on any atom is 0.227 e. The minimum absolute atomic E-state index is 0.122. The van der Waals surface area contributed by atoms with Gasteiger partial charge in [-0.05, 0) is 50.0 Å². The Balaban J connectivity index is 1.16. The van der Waals surface area contributed by atoms with Gasteiger partial charge in [-0.25, -0.2) is 0 Å². The maximum atomic E-state index is 12.6. The monoisotopic (exact) mass is 425 g/mol. The molecule has 6 nitrogen and oxygen atoms in total. The van der Waals surface area contributed by atoms with Crippen molar-refractivity contribution in [2.75, 3.05) is 39.3 Å². The Morgan fingerprint density at radius 3 is 2.35 bits per heavy atom. The van der Waals surface area contributed by atoms with Gasteiger partial charge in [0.15, 0.2) is 0 Å². The van der Waals surface area contributed by atoms with E-state index in [9.17, 15) is 14.4 Å². The molecule has 3 aliphatic heterocycles. The van der Waals surface area contributed by atoms with Gasteiger partial charge in [-0.1, -0.05) is 30.3 Å². The van der Waals surface area contributed by atoms with Crippen molar-refractivity contribution in [3.05, 3.63) is 35.9 Å². The molecule has 1 aromatic rings. The average molecular weight is 426 g/mol. The standard InChI is InChI=1S/C25H35N3O3/c29-23(10-6-9-20-7-2-1-3-8-20)26-15-11-21(12-16-26)18-28-19-22(17-24(28)30)25(31)27-13-4-5-14-27/h1-3,7-8,21-22H,4-6,9-19H2. The number of aryl methyl sites for hydroxylation is 1. The summed E-state index contributed by atoms with van der Waals surface area (Å²) in [4.78, 5) is 43.5. The maximum absolute atomic E-state index is 12.6. The second-order valence-electron chi connectivity index (χ2n) is 9.40. The summed E-state index contributed by atoms with van der Waals surface area (Å²) in [5, 5.41) is 0. The highest BCUT2D eigenvalue weighted by atomic mass is 16.2. The van der Waals surface area contributed by atoms with Crippen LogP contribution in [-0.4, -0.2) is 71.7 Å². The number of benzene rings is 1. The van der Waals surface area contributed by atoms with Gasteiger partial charge < -0.3 is 14.7 Å². The molecule has 0 spiro atoms. The first-order valence-corrected chi connectivity index (χ1v) is 12.0. The van der Waals surface area contributed by atoms with Crippen molar-refractivity contribution in [3.63, 3.8) is 0 Å². The first kappa shape index (κ1) is 21.8. The average Bonchev–Trinajstić information content (AvgIpc) is 3.45. The third-order valence-corrected chi connectivity index (χ3v) is 7.13. The van der Waals surface area contributed by atoms with Crippen LogP contribution in [0.2, 0.25) is 0 Å². The van der Waals surface area contributed by atoms with Gasteiger partial charge in [-0.2, -0.15) is 0 Å². The van der Waals surface area contributed by atoms with Gasteiger partial charge in [0.25, 0.3) is 0 Å². The van der Waals surface area contributed by atoms with Crippen LogP contribution in [-0.2, 0) is 20.8 Å². The Kier molecular flexibility index (Phi) is 7.25. The van der Waals surface area contributed by atoms with Gasteiger partial charge in [-0.15, -0.1) is 0 Å². The second kappa shape index (κ2) is 10.3. The predicted molar refractivity (Wildman–Crippen MR) is 119 cm³/mol. The van der Waals surface area contributed by atoms with E-state index >= 15 is 0 Å². The summed E-state index contributed by atoms with van der Waals surface area (Å²) < 4.78 is 0. The van der Waals surface area contributed by atoms with Crippen LogP contribution in [0.1, 0.15) is 50.5 Å². The van der Waals surface area contributed by atoms with Crippen molar-refractivity contribution in [3.8, 4) is 0 Å². The molecule has 4 rings (SSSR count). The van der Waals surface area contributed by atoms with Crippen molar-refractivity contribution < 1.29 is 14.4 Å². The van der Waals surface area contributed by atoms with Crippen molar-refractivity contribution in [1.29, 1.82) is 0 Å². The van der Waals surface area contributed by atoms with Crippen LogP contribution in [0.25, 0.3) is 0 Å². The zero-order valence-electron chi connectivity index (χ0n) is 18.5. The lowest BCUT2D eigenvalue weighted by Gasteiger charge is -2.34. The number of carbonyl (C=O) groups is 3. The summed E-state index contributed by atoms with van der Waals surface area (Å²) in [5.74, 6) is 0.818. The fraction of sp³-hybridized carbons (Fsp3) is 0.640. The molecule has 3 amide bonds. The minimum Gasteiger partial charge on any atom is -0.343 e. The first-order chi connectivity index (χ1) is 15.1. The topological polar surface area (TPSA) is 60.9 Å². The molecule has 0 aliphatic carbocycles. The van der Waals surface area contributed by atoms with Crippen molar-refractivity contribution in [2.24, 2.45) is 11.8 Å². The number of hydrogen-bond donors (Lipinski definition) is 0. The zero-order chi connectivity index (χ0) is 21.6. The van der Waals surface area contributed by atoms with Gasteiger partial charge in [-0.3, -0.25) is 14.4 Å². The summed E-state index contributed by atoms with van der Waals surface area (Å²) in [7, 11) is 0. The Morgan fingerprint density at radius 1 is 0.935 bits per heavy atom. The Hall–Kier alpha value is -2.37. The molecule has 1 aromatic carbocycles. The number of carbonyl (C=O) groups excluding carboxylic acids is 3. The minimum atomic E-state index is -0.156. The molecule has 0 bridgehead atoms. The van der Waals surface area contributed by atoms with Crippen LogP contribution in [0.15, 0.2) is 30.3 Å². The van der Waals surface area contributed by atoms with Gasteiger partial charge in [0, 0.05) is 52.1 Å². The smallest absolute Gasteiger partial charge is 0.227 e. The molecule has 0 saturated carbocycles. The molecule has 1 unspecified atom stereocenters. The Morgan fingerprint density at radius 2 is 1.65 bits per heavy atom. The molecule has 3 fully saturated rings. The number of likely N-dealkylation sites (tertiary alicyclic amines) is 3. The van der Waals surface area contributed by atoms with E-state index in [1.807, 2.05) is 32.9 Å². The van der Waals surface area contributed by atoms with Crippen LogP contribution in [0, 0.1) is 11.8 Å².